The van der Waals surface area contributed by atoms with Crippen LogP contribution >= 0.6 is 0 Å². The molecule has 0 aliphatic rings. The Balaban J connectivity index is 1.95. The first kappa shape index (κ1) is 15.2. The highest BCUT2D eigenvalue weighted by atomic mass is 16.5. The lowest BCUT2D eigenvalue weighted by Gasteiger charge is -2.21. The van der Waals surface area contributed by atoms with E-state index in [1.54, 1.807) is 7.11 Å². The summed E-state index contributed by atoms with van der Waals surface area (Å²) in [4.78, 5) is 0. The zero-order valence-corrected chi connectivity index (χ0v) is 13.3. The lowest BCUT2D eigenvalue weighted by molar-refractivity contribution is 0.415. The van der Waals surface area contributed by atoms with E-state index in [-0.39, 0.29) is 6.04 Å². The molecule has 1 atom stereocenters. The van der Waals surface area contributed by atoms with Crippen molar-refractivity contribution >= 4 is 16.5 Å². The van der Waals surface area contributed by atoms with Gasteiger partial charge in [0.15, 0.2) is 0 Å². The number of methoxy groups -OCH3 is 1. The van der Waals surface area contributed by atoms with Crippen LogP contribution < -0.4 is 10.1 Å². The molecule has 1 N–H and O–H groups in total. The quantitative estimate of drug-likeness (QED) is 0.600. The summed E-state index contributed by atoms with van der Waals surface area (Å²) >= 11 is 0. The van der Waals surface area contributed by atoms with Crippen LogP contribution in [-0.2, 0) is 0 Å². The summed E-state index contributed by atoms with van der Waals surface area (Å²) in [5.41, 5.74) is 2.37. The fourth-order valence-electron chi connectivity index (χ4n) is 2.87. The van der Waals surface area contributed by atoms with Crippen LogP contribution in [0.25, 0.3) is 10.8 Å². The van der Waals surface area contributed by atoms with Crippen molar-refractivity contribution in [3.8, 4) is 5.75 Å². The van der Waals surface area contributed by atoms with Gasteiger partial charge < -0.3 is 10.1 Å². The van der Waals surface area contributed by atoms with E-state index >= 15 is 0 Å². The predicted octanol–water partition coefficient (Wildman–Crippen LogP) is 5.58. The molecule has 0 radical (unpaired) electrons. The highest BCUT2D eigenvalue weighted by Crippen LogP contribution is 2.30. The summed E-state index contributed by atoms with van der Waals surface area (Å²) in [6.45, 7) is 3.92. The van der Waals surface area contributed by atoms with Gasteiger partial charge >= 0.3 is 0 Å². The Hall–Kier alpha value is -2.74. The number of benzene rings is 3. The summed E-state index contributed by atoms with van der Waals surface area (Å²) in [6, 6.07) is 23.1. The molecule has 23 heavy (non-hydrogen) atoms. The molecule has 0 aromatic heterocycles. The molecule has 0 fully saturated rings. The molecule has 0 saturated heterocycles. The molecule has 3 aromatic carbocycles. The van der Waals surface area contributed by atoms with Crippen LogP contribution in [0.3, 0.4) is 0 Å². The normalized spacial score (nSPS) is 11.9. The first-order valence-corrected chi connectivity index (χ1v) is 7.81. The number of hydrogen-bond acceptors (Lipinski definition) is 2. The second-order valence-corrected chi connectivity index (χ2v) is 5.52. The topological polar surface area (TPSA) is 21.3 Å². The largest absolute Gasteiger partial charge is 0.497 e. The van der Waals surface area contributed by atoms with E-state index in [4.69, 9.17) is 4.74 Å². The van der Waals surface area contributed by atoms with E-state index in [0.717, 1.165) is 17.9 Å². The molecule has 0 amide bonds. The first-order chi connectivity index (χ1) is 11.3. The summed E-state index contributed by atoms with van der Waals surface area (Å²) in [5.74, 6) is 0.862. The lowest BCUT2D eigenvalue weighted by Crippen LogP contribution is -2.10. The molecule has 0 spiro atoms. The molecule has 0 saturated carbocycles. The zero-order chi connectivity index (χ0) is 16.1. The molecule has 3 rings (SSSR count). The summed E-state index contributed by atoms with van der Waals surface area (Å²) in [5, 5.41) is 6.15. The average Bonchev–Trinajstić information content (AvgIpc) is 2.61. The third kappa shape index (κ3) is 3.37. The SMILES string of the molecule is C=CCC(Nc1ccc(OC)cc1)c1cccc2ccccc12. The van der Waals surface area contributed by atoms with Crippen molar-refractivity contribution in [2.45, 2.75) is 12.5 Å². The molecule has 116 valence electrons. The van der Waals surface area contributed by atoms with E-state index in [0.29, 0.717) is 0 Å². The number of anilines is 1. The van der Waals surface area contributed by atoms with Gasteiger partial charge in [0.1, 0.15) is 5.75 Å². The van der Waals surface area contributed by atoms with Crippen molar-refractivity contribution in [1.82, 2.24) is 0 Å². The van der Waals surface area contributed by atoms with Gasteiger partial charge in [0, 0.05) is 5.69 Å². The summed E-state index contributed by atoms with van der Waals surface area (Å²) < 4.78 is 5.22. The fourth-order valence-corrected chi connectivity index (χ4v) is 2.87. The van der Waals surface area contributed by atoms with E-state index < -0.39 is 0 Å². The average molecular weight is 303 g/mol. The van der Waals surface area contributed by atoms with Crippen molar-refractivity contribution in [1.29, 1.82) is 0 Å². The van der Waals surface area contributed by atoms with Crippen LogP contribution in [0, 0.1) is 0 Å². The second kappa shape index (κ2) is 7.01. The maximum atomic E-state index is 5.22. The highest BCUT2D eigenvalue weighted by molar-refractivity contribution is 5.86. The standard InChI is InChI=1S/C21H21NO/c1-3-7-21(22-17-12-14-18(23-2)15-13-17)20-11-6-9-16-8-4-5-10-19(16)20/h3-6,8-15,21-22H,1,7H2,2H3. The Labute approximate surface area is 137 Å². The number of ether oxygens (including phenoxy) is 1. The monoisotopic (exact) mass is 303 g/mol. The van der Waals surface area contributed by atoms with Gasteiger partial charge in [-0.05, 0) is 47.0 Å². The smallest absolute Gasteiger partial charge is 0.119 e. The minimum Gasteiger partial charge on any atom is -0.497 e. The predicted molar refractivity (Wildman–Crippen MR) is 98.1 cm³/mol. The molecule has 0 aliphatic heterocycles. The van der Waals surface area contributed by atoms with E-state index in [2.05, 4.69) is 54.4 Å². The summed E-state index contributed by atoms with van der Waals surface area (Å²) in [7, 11) is 1.68. The van der Waals surface area contributed by atoms with Gasteiger partial charge in [0.05, 0.1) is 13.2 Å². The highest BCUT2D eigenvalue weighted by Gasteiger charge is 2.13. The van der Waals surface area contributed by atoms with Crippen LogP contribution in [-0.4, -0.2) is 7.11 Å². The molecule has 1 unspecified atom stereocenters. The van der Waals surface area contributed by atoms with Crippen molar-refractivity contribution < 1.29 is 4.74 Å². The molecule has 2 nitrogen and oxygen atoms in total. The van der Waals surface area contributed by atoms with Crippen molar-refractivity contribution in [2.75, 3.05) is 12.4 Å². The molecule has 3 aromatic rings. The minimum atomic E-state index is 0.187. The Morgan fingerprint density at radius 1 is 1.00 bits per heavy atom. The Bertz CT molecular complexity index is 787. The Kier molecular flexibility index (Phi) is 4.62. The number of nitrogens with one attached hydrogen (secondary N) is 1. The van der Waals surface area contributed by atoms with E-state index in [1.165, 1.54) is 16.3 Å². The van der Waals surface area contributed by atoms with Crippen LogP contribution in [0.15, 0.2) is 79.4 Å². The maximum absolute atomic E-state index is 5.22. The molecule has 0 heterocycles. The minimum absolute atomic E-state index is 0.187. The van der Waals surface area contributed by atoms with Crippen molar-refractivity contribution in [2.24, 2.45) is 0 Å². The third-order valence-corrected chi connectivity index (χ3v) is 4.03. The van der Waals surface area contributed by atoms with Crippen LogP contribution in [0.2, 0.25) is 0 Å². The van der Waals surface area contributed by atoms with Gasteiger partial charge in [0.25, 0.3) is 0 Å². The van der Waals surface area contributed by atoms with Gasteiger partial charge in [-0.15, -0.1) is 6.58 Å². The summed E-state index contributed by atoms with van der Waals surface area (Å²) in [6.07, 6.45) is 2.82. The molecule has 2 heteroatoms. The Morgan fingerprint density at radius 3 is 2.48 bits per heavy atom. The lowest BCUT2D eigenvalue weighted by atomic mass is 9.96. The number of fused-ring (bicyclic) bond motifs is 1. The molecule has 0 aliphatic carbocycles. The van der Waals surface area contributed by atoms with Gasteiger partial charge in [-0.1, -0.05) is 48.5 Å². The number of rotatable bonds is 6. The molecular formula is C21H21NO. The first-order valence-electron chi connectivity index (χ1n) is 7.81. The van der Waals surface area contributed by atoms with Gasteiger partial charge in [-0.3, -0.25) is 0 Å². The molecular weight excluding hydrogens is 282 g/mol. The molecule has 0 bridgehead atoms. The number of hydrogen-bond donors (Lipinski definition) is 1. The second-order valence-electron chi connectivity index (χ2n) is 5.52. The van der Waals surface area contributed by atoms with Crippen molar-refractivity contribution in [3.63, 3.8) is 0 Å². The van der Waals surface area contributed by atoms with Gasteiger partial charge in [0.2, 0.25) is 0 Å². The van der Waals surface area contributed by atoms with E-state index in [1.807, 2.05) is 30.3 Å². The zero-order valence-electron chi connectivity index (χ0n) is 13.3. The maximum Gasteiger partial charge on any atom is 0.119 e. The van der Waals surface area contributed by atoms with Crippen molar-refractivity contribution in [3.05, 3.63) is 84.9 Å². The van der Waals surface area contributed by atoms with Gasteiger partial charge in [-0.2, -0.15) is 0 Å². The van der Waals surface area contributed by atoms with Crippen LogP contribution in [0.5, 0.6) is 5.75 Å². The van der Waals surface area contributed by atoms with Gasteiger partial charge in [-0.25, -0.2) is 0 Å². The Morgan fingerprint density at radius 2 is 1.74 bits per heavy atom. The van der Waals surface area contributed by atoms with E-state index in [9.17, 15) is 0 Å². The van der Waals surface area contributed by atoms with Crippen LogP contribution in [0.1, 0.15) is 18.0 Å². The van der Waals surface area contributed by atoms with Crippen LogP contribution in [0.4, 0.5) is 5.69 Å². The fraction of sp³-hybridized carbons (Fsp3) is 0.143. The third-order valence-electron chi connectivity index (χ3n) is 4.03.